The average molecular weight is 454 g/mol. The lowest BCUT2D eigenvalue weighted by Gasteiger charge is -2.28. The van der Waals surface area contributed by atoms with E-state index in [9.17, 15) is 23.5 Å². The Hall–Kier alpha value is -2.59. The number of ether oxygens (including phenoxy) is 1. The highest BCUT2D eigenvalue weighted by Crippen LogP contribution is 2.34. The quantitative estimate of drug-likeness (QED) is 0.605. The van der Waals surface area contributed by atoms with Crippen molar-refractivity contribution in [1.29, 1.82) is 5.26 Å². The topological polar surface area (TPSA) is 112 Å². The standard InChI is InChI=1S/C18H16BClF3N5O3/c20-13-6-25-17(28-16(13)27-14-8-30-2-1-9(14)5-24)26-11-3-10-7-31-19(29)15(10)12(4-11)18(21,22)23/h3-4,6,9,14,29H,1-2,7-8H2,(H2,25,26,27,28)/t9?,14-/m0/s1. The van der Waals surface area contributed by atoms with Crippen molar-refractivity contribution in [3.8, 4) is 6.07 Å². The zero-order chi connectivity index (χ0) is 22.2. The largest absolute Gasteiger partial charge is 0.492 e. The van der Waals surface area contributed by atoms with Gasteiger partial charge in [-0.2, -0.15) is 23.4 Å². The maximum absolute atomic E-state index is 13.5. The molecule has 13 heteroatoms. The molecule has 1 aromatic heterocycles. The molecular weight excluding hydrogens is 437 g/mol. The summed E-state index contributed by atoms with van der Waals surface area (Å²) >= 11 is 6.16. The zero-order valence-electron chi connectivity index (χ0n) is 15.9. The number of nitrogens with zero attached hydrogens (tertiary/aromatic N) is 3. The Morgan fingerprint density at radius 1 is 1.35 bits per heavy atom. The van der Waals surface area contributed by atoms with Gasteiger partial charge in [-0.25, -0.2) is 4.98 Å². The summed E-state index contributed by atoms with van der Waals surface area (Å²) in [6, 6.07) is 4.17. The Bertz CT molecular complexity index is 1040. The van der Waals surface area contributed by atoms with Crippen molar-refractivity contribution in [2.45, 2.75) is 25.2 Å². The molecule has 162 valence electrons. The SMILES string of the molecule is N#CC1CCOC[C@@H]1Nc1nc(Nc2cc3c(c(C(F)(F)F)c2)B(O)OC3)ncc1Cl. The first-order valence-electron chi connectivity index (χ1n) is 9.33. The van der Waals surface area contributed by atoms with Gasteiger partial charge in [0.1, 0.15) is 5.02 Å². The van der Waals surface area contributed by atoms with E-state index in [1.165, 1.54) is 12.3 Å². The first kappa shape index (κ1) is 21.6. The number of halogens is 4. The van der Waals surface area contributed by atoms with Crippen LogP contribution in [0.25, 0.3) is 0 Å². The van der Waals surface area contributed by atoms with Gasteiger partial charge in [0.05, 0.1) is 43.0 Å². The van der Waals surface area contributed by atoms with Crippen LogP contribution in [0.1, 0.15) is 17.5 Å². The highest BCUT2D eigenvalue weighted by atomic mass is 35.5. The van der Waals surface area contributed by atoms with Crippen LogP contribution in [0.5, 0.6) is 0 Å². The predicted molar refractivity (Wildman–Crippen MR) is 106 cm³/mol. The molecule has 0 saturated carbocycles. The second-order valence-electron chi connectivity index (χ2n) is 7.12. The highest BCUT2D eigenvalue weighted by Gasteiger charge is 2.41. The first-order valence-corrected chi connectivity index (χ1v) is 9.71. The molecule has 8 nitrogen and oxygen atoms in total. The van der Waals surface area contributed by atoms with Crippen molar-refractivity contribution in [3.05, 3.63) is 34.5 Å². The van der Waals surface area contributed by atoms with Crippen LogP contribution in [0.2, 0.25) is 5.02 Å². The minimum atomic E-state index is -4.68. The van der Waals surface area contributed by atoms with Gasteiger partial charge in [-0.3, -0.25) is 0 Å². The van der Waals surface area contributed by atoms with E-state index in [-0.39, 0.29) is 52.1 Å². The van der Waals surface area contributed by atoms with E-state index in [4.69, 9.17) is 21.0 Å². The van der Waals surface area contributed by atoms with Crippen LogP contribution in [0.3, 0.4) is 0 Å². The summed E-state index contributed by atoms with van der Waals surface area (Å²) in [5.41, 5.74) is -1.00. The molecule has 0 radical (unpaired) electrons. The smallest absolute Gasteiger partial charge is 0.423 e. The lowest BCUT2D eigenvalue weighted by Crippen LogP contribution is -2.38. The Kier molecular flexibility index (Phi) is 5.94. The zero-order valence-corrected chi connectivity index (χ0v) is 16.7. The summed E-state index contributed by atoms with van der Waals surface area (Å²) in [6.45, 7) is 0.628. The van der Waals surface area contributed by atoms with Crippen molar-refractivity contribution < 1.29 is 27.6 Å². The van der Waals surface area contributed by atoms with Crippen LogP contribution in [0.15, 0.2) is 18.3 Å². The van der Waals surface area contributed by atoms with E-state index >= 15 is 0 Å². The average Bonchev–Trinajstić information content (AvgIpc) is 3.10. The molecule has 0 bridgehead atoms. The first-order chi connectivity index (χ1) is 14.8. The summed E-state index contributed by atoms with van der Waals surface area (Å²) in [7, 11) is -1.63. The third-order valence-corrected chi connectivity index (χ3v) is 5.34. The van der Waals surface area contributed by atoms with Gasteiger partial charge in [-0.05, 0) is 24.1 Å². The number of alkyl halides is 3. The van der Waals surface area contributed by atoms with E-state index in [1.54, 1.807) is 0 Å². The third-order valence-electron chi connectivity index (χ3n) is 5.06. The third kappa shape index (κ3) is 4.55. The number of aromatic nitrogens is 2. The Morgan fingerprint density at radius 3 is 2.90 bits per heavy atom. The number of rotatable bonds is 4. The molecule has 2 aliphatic rings. The fourth-order valence-corrected chi connectivity index (χ4v) is 3.70. The van der Waals surface area contributed by atoms with Crippen LogP contribution < -0.4 is 16.1 Å². The lowest BCUT2D eigenvalue weighted by atomic mass is 9.75. The summed E-state index contributed by atoms with van der Waals surface area (Å²) in [5, 5.41) is 25.0. The minimum Gasteiger partial charge on any atom is -0.423 e. The van der Waals surface area contributed by atoms with E-state index in [2.05, 4.69) is 26.7 Å². The Balaban J connectivity index is 1.61. The lowest BCUT2D eigenvalue weighted by molar-refractivity contribution is -0.136. The van der Waals surface area contributed by atoms with Crippen LogP contribution in [-0.4, -0.2) is 41.4 Å². The molecule has 0 amide bonds. The second kappa shape index (κ2) is 8.51. The number of anilines is 3. The Morgan fingerprint density at radius 2 is 2.16 bits per heavy atom. The summed E-state index contributed by atoms with van der Waals surface area (Å²) in [6.07, 6.45) is -2.82. The fourth-order valence-electron chi connectivity index (χ4n) is 3.55. The number of benzene rings is 1. The molecule has 2 aromatic rings. The maximum atomic E-state index is 13.5. The maximum Gasteiger partial charge on any atom is 0.492 e. The van der Waals surface area contributed by atoms with Crippen LogP contribution >= 0.6 is 11.6 Å². The van der Waals surface area contributed by atoms with Gasteiger partial charge in [0.25, 0.3) is 0 Å². The van der Waals surface area contributed by atoms with Crippen molar-refractivity contribution in [2.75, 3.05) is 23.8 Å². The van der Waals surface area contributed by atoms with Crippen molar-refractivity contribution in [3.63, 3.8) is 0 Å². The number of nitriles is 1. The number of fused-ring (bicyclic) bond motifs is 1. The molecule has 31 heavy (non-hydrogen) atoms. The van der Waals surface area contributed by atoms with Crippen LogP contribution in [0, 0.1) is 17.2 Å². The van der Waals surface area contributed by atoms with Crippen molar-refractivity contribution >= 4 is 41.6 Å². The molecule has 2 aliphatic heterocycles. The van der Waals surface area contributed by atoms with Gasteiger partial charge < -0.3 is 25.0 Å². The van der Waals surface area contributed by atoms with Crippen molar-refractivity contribution in [1.82, 2.24) is 9.97 Å². The molecule has 4 rings (SSSR count). The van der Waals surface area contributed by atoms with Crippen LogP contribution in [0.4, 0.5) is 30.6 Å². The van der Waals surface area contributed by atoms with E-state index < -0.39 is 18.9 Å². The van der Waals surface area contributed by atoms with Gasteiger partial charge in [-0.15, -0.1) is 0 Å². The van der Waals surface area contributed by atoms with E-state index in [1.807, 2.05) is 0 Å². The van der Waals surface area contributed by atoms with Crippen LogP contribution in [-0.2, 0) is 22.2 Å². The minimum absolute atomic E-state index is 0.00433. The fraction of sp³-hybridized carbons (Fsp3) is 0.389. The van der Waals surface area contributed by atoms with Gasteiger partial charge in [0.2, 0.25) is 5.95 Å². The molecule has 1 saturated heterocycles. The number of hydrogen-bond acceptors (Lipinski definition) is 8. The molecule has 0 spiro atoms. The van der Waals surface area contributed by atoms with Gasteiger partial charge in [0, 0.05) is 17.8 Å². The van der Waals surface area contributed by atoms with Gasteiger partial charge >= 0.3 is 13.3 Å². The van der Waals surface area contributed by atoms with Crippen molar-refractivity contribution in [2.24, 2.45) is 5.92 Å². The number of nitrogens with one attached hydrogen (secondary N) is 2. The molecule has 1 unspecified atom stereocenters. The highest BCUT2D eigenvalue weighted by molar-refractivity contribution is 6.62. The number of hydrogen-bond donors (Lipinski definition) is 3. The predicted octanol–water partition coefficient (Wildman–Crippen LogP) is 2.45. The normalized spacial score (nSPS) is 20.8. The molecular formula is C18H16BClF3N5O3. The molecule has 0 aliphatic carbocycles. The van der Waals surface area contributed by atoms with Gasteiger partial charge in [-0.1, -0.05) is 11.6 Å². The Labute approximate surface area is 180 Å². The second-order valence-corrected chi connectivity index (χ2v) is 7.53. The summed E-state index contributed by atoms with van der Waals surface area (Å²) in [5.74, 6) is -0.0655. The molecule has 3 N–H and O–H groups in total. The molecule has 3 heterocycles. The van der Waals surface area contributed by atoms with E-state index in [0.717, 1.165) is 6.07 Å². The molecule has 1 fully saturated rings. The van der Waals surface area contributed by atoms with E-state index in [0.29, 0.717) is 19.6 Å². The monoisotopic (exact) mass is 453 g/mol. The summed E-state index contributed by atoms with van der Waals surface area (Å²) in [4.78, 5) is 8.25. The summed E-state index contributed by atoms with van der Waals surface area (Å²) < 4.78 is 50.8. The molecule has 1 aromatic carbocycles. The molecule has 2 atom stereocenters. The van der Waals surface area contributed by atoms with Gasteiger partial charge in [0.15, 0.2) is 5.82 Å².